The first-order valence-corrected chi connectivity index (χ1v) is 17.4. The van der Waals surface area contributed by atoms with E-state index in [1.165, 1.54) is 20.9 Å². The van der Waals surface area contributed by atoms with Crippen molar-refractivity contribution in [2.45, 2.75) is 0 Å². The Morgan fingerprint density at radius 3 is 1.84 bits per heavy atom. The Labute approximate surface area is 291 Å². The quantitative estimate of drug-likeness (QED) is 0.185. The number of para-hydroxylation sites is 2. The smallest absolute Gasteiger partial charge is 0.164 e. The zero-order chi connectivity index (χ0) is 33.0. The molecule has 0 aliphatic rings. The SMILES string of the molecule is c1ccc(-c2nc(-c3ccc(-n4c5ccccc5c5ccc(-c6nc7ccccc7s6)cc54)cc3)nc(-c3ccc4ccccc4c3)n2)cc1. The summed E-state index contributed by atoms with van der Waals surface area (Å²) in [5, 5.41) is 5.77. The van der Waals surface area contributed by atoms with Crippen LogP contribution < -0.4 is 0 Å². The summed E-state index contributed by atoms with van der Waals surface area (Å²) >= 11 is 1.73. The van der Waals surface area contributed by atoms with Crippen molar-refractivity contribution >= 4 is 54.1 Å². The number of nitrogens with zero attached hydrogens (tertiary/aromatic N) is 5. The predicted molar refractivity (Wildman–Crippen MR) is 207 cm³/mol. The lowest BCUT2D eigenvalue weighted by atomic mass is 10.1. The Kier molecular flexibility index (Phi) is 6.60. The molecule has 0 atom stereocenters. The summed E-state index contributed by atoms with van der Waals surface area (Å²) in [5.41, 5.74) is 8.32. The third kappa shape index (κ3) is 4.85. The van der Waals surface area contributed by atoms with Gasteiger partial charge in [0, 0.05) is 38.7 Å². The highest BCUT2D eigenvalue weighted by Gasteiger charge is 2.16. The van der Waals surface area contributed by atoms with E-state index in [0.717, 1.165) is 54.9 Å². The van der Waals surface area contributed by atoms with Gasteiger partial charge in [-0.1, -0.05) is 109 Å². The van der Waals surface area contributed by atoms with E-state index in [1.54, 1.807) is 11.3 Å². The molecule has 6 heteroatoms. The molecule has 0 saturated heterocycles. The van der Waals surface area contributed by atoms with Gasteiger partial charge in [-0.2, -0.15) is 0 Å². The first-order valence-electron chi connectivity index (χ1n) is 16.6. The van der Waals surface area contributed by atoms with Gasteiger partial charge in [-0.25, -0.2) is 19.9 Å². The van der Waals surface area contributed by atoms with Gasteiger partial charge in [-0.3, -0.25) is 0 Å². The Bertz CT molecular complexity index is 2840. The molecule has 0 N–H and O–H groups in total. The fraction of sp³-hybridized carbons (Fsp3) is 0. The largest absolute Gasteiger partial charge is 0.309 e. The molecule has 0 saturated carbocycles. The summed E-state index contributed by atoms with van der Waals surface area (Å²) in [7, 11) is 0. The van der Waals surface area contributed by atoms with Crippen molar-refractivity contribution in [3.05, 3.63) is 164 Å². The number of rotatable bonds is 5. The minimum Gasteiger partial charge on any atom is -0.309 e. The van der Waals surface area contributed by atoms with Crippen LogP contribution >= 0.6 is 11.3 Å². The summed E-state index contributed by atoms with van der Waals surface area (Å²) in [6.07, 6.45) is 0. The van der Waals surface area contributed by atoms with E-state index in [2.05, 4.69) is 132 Å². The molecular weight excluding hydrogens is 631 g/mol. The zero-order valence-electron chi connectivity index (χ0n) is 26.7. The average Bonchev–Trinajstić information content (AvgIpc) is 3.77. The highest BCUT2D eigenvalue weighted by Crippen LogP contribution is 2.37. The van der Waals surface area contributed by atoms with E-state index in [0.29, 0.717) is 17.5 Å². The van der Waals surface area contributed by atoms with Gasteiger partial charge in [0.05, 0.1) is 21.3 Å². The van der Waals surface area contributed by atoms with Gasteiger partial charge < -0.3 is 4.57 Å². The van der Waals surface area contributed by atoms with Crippen LogP contribution in [0.1, 0.15) is 0 Å². The molecule has 0 spiro atoms. The molecule has 0 fully saturated rings. The highest BCUT2D eigenvalue weighted by atomic mass is 32.1. The van der Waals surface area contributed by atoms with Crippen LogP contribution in [0, 0.1) is 0 Å². The second-order valence-corrected chi connectivity index (χ2v) is 13.4. The second kappa shape index (κ2) is 11.6. The molecule has 7 aromatic carbocycles. The lowest BCUT2D eigenvalue weighted by molar-refractivity contribution is 1.07. The Morgan fingerprint density at radius 1 is 0.400 bits per heavy atom. The van der Waals surface area contributed by atoms with Crippen molar-refractivity contribution in [3.63, 3.8) is 0 Å². The van der Waals surface area contributed by atoms with Gasteiger partial charge in [-0.05, 0) is 65.4 Å². The summed E-state index contributed by atoms with van der Waals surface area (Å²) in [6, 6.07) is 57.0. The Morgan fingerprint density at radius 2 is 1.02 bits per heavy atom. The van der Waals surface area contributed by atoms with Gasteiger partial charge in [0.2, 0.25) is 0 Å². The molecule has 0 radical (unpaired) electrons. The minimum absolute atomic E-state index is 0.633. The van der Waals surface area contributed by atoms with Crippen molar-refractivity contribution in [1.29, 1.82) is 0 Å². The number of aromatic nitrogens is 5. The van der Waals surface area contributed by atoms with Crippen LogP contribution in [-0.4, -0.2) is 24.5 Å². The third-order valence-electron chi connectivity index (χ3n) is 9.27. The lowest BCUT2D eigenvalue weighted by Gasteiger charge is -2.11. The fourth-order valence-electron chi connectivity index (χ4n) is 6.82. The molecule has 10 rings (SSSR count). The summed E-state index contributed by atoms with van der Waals surface area (Å²) in [5.74, 6) is 1.93. The minimum atomic E-state index is 0.633. The van der Waals surface area contributed by atoms with Crippen molar-refractivity contribution in [2.24, 2.45) is 0 Å². The monoisotopic (exact) mass is 657 g/mol. The summed E-state index contributed by atoms with van der Waals surface area (Å²) < 4.78 is 3.53. The normalized spacial score (nSPS) is 11.6. The molecule has 0 aliphatic heterocycles. The van der Waals surface area contributed by atoms with E-state index >= 15 is 0 Å². The number of hydrogen-bond donors (Lipinski definition) is 0. The number of thiazole rings is 1. The average molecular weight is 658 g/mol. The van der Waals surface area contributed by atoms with Gasteiger partial charge in [0.25, 0.3) is 0 Å². The topological polar surface area (TPSA) is 56.5 Å². The Balaban J connectivity index is 1.10. The summed E-state index contributed by atoms with van der Waals surface area (Å²) in [4.78, 5) is 19.9. The van der Waals surface area contributed by atoms with Gasteiger partial charge in [0.15, 0.2) is 17.5 Å². The highest BCUT2D eigenvalue weighted by molar-refractivity contribution is 7.21. The standard InChI is InChI=1S/C44H27N5S/c1-2-11-29(12-3-1)41-46-42(48-43(47-41)32-19-18-28-10-4-5-13-31(28)26-32)30-20-23-34(24-21-30)49-38-16-8-6-14-35(38)36-25-22-33(27-39(36)49)44-45-37-15-7-9-17-40(37)50-44/h1-27H. The maximum atomic E-state index is 5.03. The van der Waals surface area contributed by atoms with E-state index in [-0.39, 0.29) is 0 Å². The van der Waals surface area contributed by atoms with E-state index in [9.17, 15) is 0 Å². The molecule has 0 amide bonds. The zero-order valence-corrected chi connectivity index (χ0v) is 27.5. The molecule has 50 heavy (non-hydrogen) atoms. The van der Waals surface area contributed by atoms with Crippen LogP contribution in [0.2, 0.25) is 0 Å². The summed E-state index contributed by atoms with van der Waals surface area (Å²) in [6.45, 7) is 0. The van der Waals surface area contributed by atoms with Crippen LogP contribution in [0.3, 0.4) is 0 Å². The first-order chi connectivity index (χ1) is 24.7. The van der Waals surface area contributed by atoms with Gasteiger partial charge in [0.1, 0.15) is 5.01 Å². The molecule has 0 bridgehead atoms. The van der Waals surface area contributed by atoms with Crippen LogP contribution in [0.15, 0.2) is 164 Å². The fourth-order valence-corrected chi connectivity index (χ4v) is 7.78. The van der Waals surface area contributed by atoms with Gasteiger partial charge in [-0.15, -0.1) is 11.3 Å². The van der Waals surface area contributed by atoms with E-state index in [4.69, 9.17) is 19.9 Å². The molecule has 3 aromatic heterocycles. The maximum Gasteiger partial charge on any atom is 0.164 e. The molecule has 3 heterocycles. The molecular formula is C44H27N5S. The van der Waals surface area contributed by atoms with Crippen LogP contribution in [0.4, 0.5) is 0 Å². The van der Waals surface area contributed by atoms with E-state index < -0.39 is 0 Å². The molecule has 10 aromatic rings. The number of fused-ring (bicyclic) bond motifs is 5. The first kappa shape index (κ1) is 28.5. The predicted octanol–water partition coefficient (Wildman–Crippen LogP) is 11.4. The molecule has 234 valence electrons. The molecule has 0 aliphatic carbocycles. The van der Waals surface area contributed by atoms with E-state index in [1.807, 2.05) is 36.4 Å². The molecule has 5 nitrogen and oxygen atoms in total. The maximum absolute atomic E-state index is 5.03. The van der Waals surface area contributed by atoms with Crippen molar-refractivity contribution in [2.75, 3.05) is 0 Å². The lowest BCUT2D eigenvalue weighted by Crippen LogP contribution is -2.00. The van der Waals surface area contributed by atoms with Crippen molar-refractivity contribution < 1.29 is 0 Å². The molecule has 0 unspecified atom stereocenters. The number of hydrogen-bond acceptors (Lipinski definition) is 5. The second-order valence-electron chi connectivity index (χ2n) is 12.4. The van der Waals surface area contributed by atoms with Crippen molar-refractivity contribution in [1.82, 2.24) is 24.5 Å². The number of benzene rings is 7. The van der Waals surface area contributed by atoms with Crippen LogP contribution in [-0.2, 0) is 0 Å². The van der Waals surface area contributed by atoms with Crippen LogP contribution in [0.5, 0.6) is 0 Å². The van der Waals surface area contributed by atoms with Gasteiger partial charge >= 0.3 is 0 Å². The van der Waals surface area contributed by atoms with Crippen LogP contribution in [0.25, 0.3) is 93.2 Å². The third-order valence-corrected chi connectivity index (χ3v) is 10.4. The Hall–Kier alpha value is -6.50. The van der Waals surface area contributed by atoms with Crippen molar-refractivity contribution in [3.8, 4) is 50.4 Å².